The molecule has 0 aromatic heterocycles. The van der Waals surface area contributed by atoms with Crippen molar-refractivity contribution in [3.63, 3.8) is 0 Å². The minimum Gasteiger partial charge on any atom is -0.508 e. The van der Waals surface area contributed by atoms with Crippen LogP contribution in [0.5, 0.6) is 46.0 Å². The van der Waals surface area contributed by atoms with Crippen molar-refractivity contribution in [2.75, 3.05) is 42.7 Å². The molecular weight excluding hydrogens is 1480 g/mol. The quantitative estimate of drug-likeness (QED) is 0.0282. The monoisotopic (exact) mass is 1550 g/mol. The molecule has 0 radical (unpaired) electrons. The average molecular weight is 1550 g/mol. The predicted molar refractivity (Wildman–Crippen MR) is 402 cm³/mol. The molecule has 0 heterocycles. The molecule has 8 aromatic rings. The van der Waals surface area contributed by atoms with Crippen LogP contribution < -0.4 is 28.4 Å². The van der Waals surface area contributed by atoms with E-state index in [1.54, 1.807) is 104 Å². The summed E-state index contributed by atoms with van der Waals surface area (Å²) in [4.78, 5) is 81.6. The van der Waals surface area contributed by atoms with E-state index in [-0.39, 0.29) is 17.3 Å². The van der Waals surface area contributed by atoms with E-state index in [4.69, 9.17) is 109 Å². The van der Waals surface area contributed by atoms with Crippen molar-refractivity contribution in [3.8, 4) is 46.0 Å². The minimum absolute atomic E-state index is 0.0278. The molecule has 10 N–H and O–H groups in total. The van der Waals surface area contributed by atoms with Crippen molar-refractivity contribution >= 4 is 131 Å². The van der Waals surface area contributed by atoms with Crippen LogP contribution in [0.1, 0.15) is 44.5 Å². The molecule has 8 rings (SSSR count). The number of phenolic OH excluding ortho intramolecular Hbond substituents is 2. The second-order valence-electron chi connectivity index (χ2n) is 19.9. The van der Waals surface area contributed by atoms with E-state index < -0.39 is 59.4 Å². The van der Waals surface area contributed by atoms with Gasteiger partial charge in [-0.1, -0.05) is 89.4 Å². The molecule has 0 amide bonds. The zero-order valence-electron chi connectivity index (χ0n) is 57.7. The van der Waals surface area contributed by atoms with Gasteiger partial charge in [-0.2, -0.15) is 0 Å². The molecule has 0 spiro atoms. The fourth-order valence-electron chi connectivity index (χ4n) is 7.31. The van der Waals surface area contributed by atoms with E-state index in [2.05, 4.69) is 0 Å². The number of ether oxygens (including phenoxy) is 6. The van der Waals surface area contributed by atoms with Crippen molar-refractivity contribution in [2.24, 2.45) is 0 Å². The van der Waals surface area contributed by atoms with Gasteiger partial charge in [0.15, 0.2) is 34.6 Å². The van der Waals surface area contributed by atoms with Gasteiger partial charge >= 0.3 is 47.8 Å². The van der Waals surface area contributed by atoms with E-state index >= 15 is 0 Å². The van der Waals surface area contributed by atoms with Crippen LogP contribution in [-0.2, 0) is 38.4 Å². The van der Waals surface area contributed by atoms with Crippen LogP contribution >= 0.6 is 34.8 Å². The molecule has 0 aliphatic carbocycles. The summed E-state index contributed by atoms with van der Waals surface area (Å²) in [5.41, 5.74) is 5.14. The van der Waals surface area contributed by atoms with Gasteiger partial charge in [-0.3, -0.25) is 0 Å². The molecule has 0 aliphatic heterocycles. The summed E-state index contributed by atoms with van der Waals surface area (Å²) in [6.45, 7) is 0. The standard InChI is InChI=1S/C12H14O5.C11H12O4.C10H10O4.C9H6Cl2O2.C9H7ClO2.C9H6F2O2.C9H7FO2.C9H8O3/c1-15-9-6-8(4-5-11(13)14)7-10(16-2)12(9)17-3;1-14-9-4-5-10(15-2)8(7-9)3-6-11(12)13;1-14-9-6-7(2-4-8(9)11)3-5-10(12)13;10-7-3-1-6(5-8(7)11)2-4-9(12)13;10-8-4-1-7(2-5-8)3-6-9(11)12;10-7-3-1-6(5-8(7)11)2-4-9(12)13;10-8-4-1-7(2-5-8)3-6-9(11)12;10-8-3-1-2-7(6-8)4-5-9(11)12/h4-7H,1-3H3,(H,13,14);3-7H,1-2H3,(H,12,13);2-6,11H,1H3,(H,12,13);1-5H,(H,12,13);1-6H,(H,11,12);1-5H,(H,12,13);1-6H,(H,11,12);1-6,10H,(H,11,12)/b5-4+;6-3+;5-3+;4-2+;6-3+;4-2+;6-3+;5-4+. The SMILES string of the molecule is COc1cc(/C=C/C(=O)O)cc(OC)c1OC.COc1cc(/C=C/C(=O)O)ccc1O.COc1ccc(OC)c(/C=C/C(=O)O)c1.O=C(O)/C=C/c1ccc(Cl)c(Cl)c1.O=C(O)/C=C/c1ccc(Cl)cc1.O=C(O)/C=C/c1ccc(F)c(F)c1.O=C(O)/C=C/c1ccc(F)cc1.O=C(O)/C=C/c1cccc(O)c1. The molecule has 0 fully saturated rings. The van der Waals surface area contributed by atoms with Crippen molar-refractivity contribution < 1.29 is 131 Å². The summed E-state index contributed by atoms with van der Waals surface area (Å²) in [7, 11) is 9.02. The number of aliphatic carboxylic acids is 8. The minimum atomic E-state index is -1.13. The van der Waals surface area contributed by atoms with Crippen molar-refractivity contribution in [1.29, 1.82) is 0 Å². The zero-order valence-corrected chi connectivity index (χ0v) is 60.0. The van der Waals surface area contributed by atoms with Crippen molar-refractivity contribution in [1.82, 2.24) is 0 Å². The molecule has 108 heavy (non-hydrogen) atoms. The maximum absolute atomic E-state index is 12.5. The summed E-state index contributed by atoms with van der Waals surface area (Å²) in [6.07, 6.45) is 19.4. The third kappa shape index (κ3) is 41.6. The Morgan fingerprint density at radius 3 is 1.09 bits per heavy atom. The average Bonchev–Trinajstić information content (AvgIpc) is 0.843. The van der Waals surface area contributed by atoms with Crippen LogP contribution in [0.4, 0.5) is 13.2 Å². The Balaban J connectivity index is 0.000000619. The predicted octanol–water partition coefficient (Wildman–Crippen LogP) is 16.1. The number of methoxy groups -OCH3 is 6. The first-order valence-corrected chi connectivity index (χ1v) is 31.2. The van der Waals surface area contributed by atoms with Gasteiger partial charge in [0.05, 0.1) is 52.7 Å². The lowest BCUT2D eigenvalue weighted by Gasteiger charge is -2.12. The second-order valence-corrected chi connectivity index (χ2v) is 21.2. The topological polar surface area (TPSA) is 394 Å². The number of carboxylic acids is 8. The molecule has 0 atom stereocenters. The molecule has 8 aromatic carbocycles. The highest BCUT2D eigenvalue weighted by Crippen LogP contribution is 2.38. The number of hydrogen-bond donors (Lipinski definition) is 10. The maximum Gasteiger partial charge on any atom is 0.328 e. The van der Waals surface area contributed by atoms with Crippen LogP contribution in [0, 0.1) is 17.5 Å². The van der Waals surface area contributed by atoms with E-state index in [1.165, 1.54) is 133 Å². The lowest BCUT2D eigenvalue weighted by molar-refractivity contribution is -0.132. The molecule has 0 bridgehead atoms. The Labute approximate surface area is 631 Å². The third-order valence-corrected chi connectivity index (χ3v) is 13.2. The summed E-state index contributed by atoms with van der Waals surface area (Å²) in [5, 5.41) is 86.7. The summed E-state index contributed by atoms with van der Waals surface area (Å²) >= 11 is 17.0. The Kier molecular flexibility index (Phi) is 44.2. The normalized spacial score (nSPS) is 10.4. The van der Waals surface area contributed by atoms with Gasteiger partial charge in [0.25, 0.3) is 0 Å². The number of hydrogen-bond acceptors (Lipinski definition) is 16. The van der Waals surface area contributed by atoms with E-state index in [9.17, 15) is 56.6 Å². The number of halogens is 6. The van der Waals surface area contributed by atoms with Crippen molar-refractivity contribution in [2.45, 2.75) is 0 Å². The number of rotatable bonds is 22. The lowest BCUT2D eigenvalue weighted by atomic mass is 10.1. The van der Waals surface area contributed by atoms with Gasteiger partial charge < -0.3 is 79.5 Å². The molecule has 24 nitrogen and oxygen atoms in total. The molecule has 0 unspecified atom stereocenters. The van der Waals surface area contributed by atoms with E-state index in [0.717, 1.165) is 66.3 Å². The number of phenols is 2. The molecule has 0 aliphatic rings. The lowest BCUT2D eigenvalue weighted by Crippen LogP contribution is -1.95. The summed E-state index contributed by atoms with van der Waals surface area (Å²) in [6, 6.07) is 40.0. The zero-order chi connectivity index (χ0) is 81.3. The van der Waals surface area contributed by atoms with Gasteiger partial charge in [0.2, 0.25) is 5.75 Å². The Morgan fingerprint density at radius 1 is 0.315 bits per heavy atom. The molecule has 0 saturated carbocycles. The third-order valence-electron chi connectivity index (χ3n) is 12.2. The van der Waals surface area contributed by atoms with Crippen molar-refractivity contribution in [3.05, 3.63) is 283 Å². The van der Waals surface area contributed by atoms with Crippen LogP contribution in [0.15, 0.2) is 206 Å². The van der Waals surface area contributed by atoms with Crippen LogP contribution in [0.2, 0.25) is 15.1 Å². The number of carbonyl (C=O) groups is 8. The molecule has 30 heteroatoms. The Bertz CT molecular complexity index is 4390. The van der Waals surface area contributed by atoms with E-state index in [1.807, 2.05) is 0 Å². The number of aromatic hydroxyl groups is 2. The summed E-state index contributed by atoms with van der Waals surface area (Å²) in [5.74, 6) is -7.23. The Hall–Kier alpha value is -13.5. The van der Waals surface area contributed by atoms with Crippen LogP contribution in [-0.4, -0.2) is 141 Å². The second kappa shape index (κ2) is 51.6. The molecular formula is C78H70Cl3F3O24. The highest BCUT2D eigenvalue weighted by Gasteiger charge is 2.12. The van der Waals surface area contributed by atoms with Gasteiger partial charge in [0.1, 0.15) is 23.1 Å². The highest BCUT2D eigenvalue weighted by atomic mass is 35.5. The van der Waals surface area contributed by atoms with E-state index in [0.29, 0.717) is 88.5 Å². The van der Waals surface area contributed by atoms with Crippen LogP contribution in [0.25, 0.3) is 48.6 Å². The van der Waals surface area contributed by atoms with Gasteiger partial charge in [0, 0.05) is 59.2 Å². The van der Waals surface area contributed by atoms with Gasteiger partial charge in [-0.25, -0.2) is 51.5 Å². The van der Waals surface area contributed by atoms with Gasteiger partial charge in [-0.05, 0) is 191 Å². The first-order chi connectivity index (χ1) is 51.1. The fourth-order valence-corrected chi connectivity index (χ4v) is 7.74. The summed E-state index contributed by atoms with van der Waals surface area (Å²) < 4.78 is 67.7. The molecule has 568 valence electrons. The first-order valence-electron chi connectivity index (χ1n) is 30.0. The fraction of sp³-hybridized carbons (Fsp3) is 0.0769. The smallest absolute Gasteiger partial charge is 0.328 e. The number of carboxylic acid groups (broad SMARTS) is 8. The highest BCUT2D eigenvalue weighted by molar-refractivity contribution is 6.42. The number of benzene rings is 8. The first kappa shape index (κ1) is 92.5. The largest absolute Gasteiger partial charge is 0.508 e. The van der Waals surface area contributed by atoms with Gasteiger partial charge in [-0.15, -0.1) is 0 Å². The van der Waals surface area contributed by atoms with Crippen LogP contribution in [0.3, 0.4) is 0 Å². The maximum atomic E-state index is 12.5. The molecule has 0 saturated heterocycles. The Morgan fingerprint density at radius 2 is 0.685 bits per heavy atom.